The first-order valence-corrected chi connectivity index (χ1v) is 13.6. The molecule has 3 heterocycles. The van der Waals surface area contributed by atoms with Crippen LogP contribution in [0.2, 0.25) is 0 Å². The molecule has 0 aliphatic heterocycles. The van der Waals surface area contributed by atoms with Crippen molar-refractivity contribution in [1.29, 1.82) is 0 Å². The van der Waals surface area contributed by atoms with Crippen LogP contribution < -0.4 is 5.56 Å². The number of aromatic nitrogens is 5. The Kier molecular flexibility index (Phi) is 7.11. The molecular formula is C27H34N6OS. The molecule has 1 saturated carbocycles. The number of tetrazole rings is 1. The number of benzene rings is 1. The molecule has 4 aromatic rings. The highest BCUT2D eigenvalue weighted by Crippen LogP contribution is 2.35. The molecular weight excluding hydrogens is 456 g/mol. The Balaban J connectivity index is 1.55. The normalized spacial score (nSPS) is 15.6. The van der Waals surface area contributed by atoms with Crippen molar-refractivity contribution in [2.24, 2.45) is 5.92 Å². The maximum atomic E-state index is 13.2. The van der Waals surface area contributed by atoms with Gasteiger partial charge in [-0.2, -0.15) is 0 Å². The first-order chi connectivity index (χ1) is 17.0. The molecule has 5 rings (SSSR count). The van der Waals surface area contributed by atoms with Gasteiger partial charge in [-0.25, -0.2) is 4.68 Å². The molecule has 7 nitrogen and oxygen atoms in total. The van der Waals surface area contributed by atoms with Crippen LogP contribution in [0.1, 0.15) is 80.4 Å². The van der Waals surface area contributed by atoms with Crippen LogP contribution in [0.4, 0.5) is 0 Å². The van der Waals surface area contributed by atoms with E-state index in [0.29, 0.717) is 12.6 Å². The Morgan fingerprint density at radius 3 is 2.71 bits per heavy atom. The lowest BCUT2D eigenvalue weighted by molar-refractivity contribution is 0.124. The number of nitrogens with one attached hydrogen (secondary N) is 1. The zero-order chi connectivity index (χ0) is 24.4. The molecule has 1 aromatic carbocycles. The molecule has 1 N–H and O–H groups in total. The molecule has 35 heavy (non-hydrogen) atoms. The minimum absolute atomic E-state index is 0.00947. The molecule has 0 radical (unpaired) electrons. The maximum Gasteiger partial charge on any atom is 0.252 e. The maximum absolute atomic E-state index is 13.2. The Morgan fingerprint density at radius 2 is 2.00 bits per heavy atom. The number of hydrogen-bond donors (Lipinski definition) is 1. The molecule has 1 aliphatic rings. The van der Waals surface area contributed by atoms with Gasteiger partial charge in [-0.15, -0.1) is 16.4 Å². The third-order valence-corrected chi connectivity index (χ3v) is 8.05. The summed E-state index contributed by atoms with van der Waals surface area (Å²) in [4.78, 5) is 19.9. The van der Waals surface area contributed by atoms with E-state index in [9.17, 15) is 4.79 Å². The second-order valence-corrected chi connectivity index (χ2v) is 11.0. The minimum Gasteiger partial charge on any atom is -0.322 e. The van der Waals surface area contributed by atoms with Gasteiger partial charge in [-0.1, -0.05) is 45.7 Å². The number of rotatable bonds is 9. The van der Waals surface area contributed by atoms with Gasteiger partial charge in [0.15, 0.2) is 5.82 Å². The lowest BCUT2D eigenvalue weighted by Gasteiger charge is -2.33. The summed E-state index contributed by atoms with van der Waals surface area (Å²) in [6.07, 6.45) is 5.66. The van der Waals surface area contributed by atoms with Gasteiger partial charge in [0.2, 0.25) is 0 Å². The summed E-state index contributed by atoms with van der Waals surface area (Å²) < 4.78 is 2.07. The zero-order valence-corrected chi connectivity index (χ0v) is 21.6. The molecule has 0 amide bonds. The van der Waals surface area contributed by atoms with Gasteiger partial charge in [-0.3, -0.25) is 9.69 Å². The third kappa shape index (κ3) is 5.09. The number of H-pyrrole nitrogens is 1. The molecule has 0 unspecified atom stereocenters. The number of fused-ring (bicyclic) bond motifs is 1. The van der Waals surface area contributed by atoms with Crippen molar-refractivity contribution in [2.75, 3.05) is 0 Å². The third-order valence-electron chi connectivity index (χ3n) is 7.18. The molecule has 8 heteroatoms. The van der Waals surface area contributed by atoms with E-state index in [0.717, 1.165) is 48.1 Å². The lowest BCUT2D eigenvalue weighted by atomic mass is 9.99. The van der Waals surface area contributed by atoms with E-state index >= 15 is 0 Å². The summed E-state index contributed by atoms with van der Waals surface area (Å²) in [7, 11) is 0. The fraction of sp³-hybridized carbons (Fsp3) is 0.481. The Morgan fingerprint density at radius 1 is 1.17 bits per heavy atom. The van der Waals surface area contributed by atoms with Gasteiger partial charge in [0.1, 0.15) is 0 Å². The number of nitrogens with zero attached hydrogens (tertiary/aromatic N) is 5. The highest BCUT2D eigenvalue weighted by atomic mass is 32.1. The van der Waals surface area contributed by atoms with Gasteiger partial charge in [0, 0.05) is 29.0 Å². The minimum atomic E-state index is -0.0316. The number of hydrogen-bond acceptors (Lipinski definition) is 6. The van der Waals surface area contributed by atoms with Gasteiger partial charge < -0.3 is 4.98 Å². The van der Waals surface area contributed by atoms with Crippen LogP contribution in [0.5, 0.6) is 0 Å². The summed E-state index contributed by atoms with van der Waals surface area (Å²) in [6, 6.07) is 12.9. The zero-order valence-electron chi connectivity index (χ0n) is 20.8. The quantitative estimate of drug-likeness (QED) is 0.328. The van der Waals surface area contributed by atoms with Gasteiger partial charge in [-0.05, 0) is 76.2 Å². The van der Waals surface area contributed by atoms with E-state index in [2.05, 4.69) is 86.6 Å². The average molecular weight is 491 g/mol. The van der Waals surface area contributed by atoms with E-state index in [-0.39, 0.29) is 17.5 Å². The number of thiophene rings is 1. The Bertz CT molecular complexity index is 1320. The number of pyridine rings is 1. The molecule has 184 valence electrons. The highest BCUT2D eigenvalue weighted by Gasteiger charge is 2.32. The monoisotopic (exact) mass is 490 g/mol. The second-order valence-electron chi connectivity index (χ2n) is 9.99. The van der Waals surface area contributed by atoms with E-state index in [1.165, 1.54) is 23.3 Å². The lowest BCUT2D eigenvalue weighted by Crippen LogP contribution is -2.35. The van der Waals surface area contributed by atoms with Crippen molar-refractivity contribution < 1.29 is 0 Å². The second kappa shape index (κ2) is 10.4. The van der Waals surface area contributed by atoms with Crippen LogP contribution >= 0.6 is 11.3 Å². The SMILES string of the molecule is CCc1ccc2[nH]c(=O)c(CN(Cc3cccs3)[C@@H](c3nnnn3C3CCCC3)C(C)C)cc2c1. The first kappa shape index (κ1) is 23.9. The summed E-state index contributed by atoms with van der Waals surface area (Å²) in [5.41, 5.74) is 2.89. The Hall–Kier alpha value is -2.84. The van der Waals surface area contributed by atoms with Crippen molar-refractivity contribution in [1.82, 2.24) is 30.1 Å². The molecule has 3 aromatic heterocycles. The van der Waals surface area contributed by atoms with Crippen molar-refractivity contribution in [3.05, 3.63) is 74.0 Å². The largest absolute Gasteiger partial charge is 0.322 e. The van der Waals surface area contributed by atoms with Gasteiger partial charge in [0.05, 0.1) is 12.1 Å². The average Bonchev–Trinajstić information content (AvgIpc) is 3.62. The van der Waals surface area contributed by atoms with Gasteiger partial charge in [0.25, 0.3) is 5.56 Å². The number of aromatic amines is 1. The van der Waals surface area contributed by atoms with Crippen LogP contribution in [-0.2, 0) is 19.5 Å². The molecule has 0 bridgehead atoms. The predicted molar refractivity (Wildman–Crippen MR) is 140 cm³/mol. The molecule has 0 saturated heterocycles. The summed E-state index contributed by atoms with van der Waals surface area (Å²) in [5.74, 6) is 1.18. The van der Waals surface area contributed by atoms with Crippen LogP contribution in [-0.4, -0.2) is 30.1 Å². The van der Waals surface area contributed by atoms with Crippen molar-refractivity contribution in [3.8, 4) is 0 Å². The summed E-state index contributed by atoms with van der Waals surface area (Å²) in [5, 5.41) is 16.3. The first-order valence-electron chi connectivity index (χ1n) is 12.7. The van der Waals surface area contributed by atoms with E-state index in [1.807, 2.05) is 6.07 Å². The molecule has 1 fully saturated rings. The summed E-state index contributed by atoms with van der Waals surface area (Å²) >= 11 is 1.74. The molecule has 1 aliphatic carbocycles. The van der Waals surface area contributed by atoms with Crippen molar-refractivity contribution in [3.63, 3.8) is 0 Å². The number of aryl methyl sites for hydroxylation is 1. The van der Waals surface area contributed by atoms with E-state index < -0.39 is 0 Å². The van der Waals surface area contributed by atoms with Gasteiger partial charge >= 0.3 is 0 Å². The smallest absolute Gasteiger partial charge is 0.252 e. The summed E-state index contributed by atoms with van der Waals surface area (Å²) in [6.45, 7) is 7.86. The topological polar surface area (TPSA) is 79.7 Å². The van der Waals surface area contributed by atoms with Crippen molar-refractivity contribution in [2.45, 2.75) is 78.0 Å². The van der Waals surface area contributed by atoms with E-state index in [4.69, 9.17) is 0 Å². The standard InChI is InChI=1S/C27H34N6OS/c1-4-19-11-12-24-20(14-19)15-21(27(34)28-24)16-32(17-23-10-7-13-35-23)25(18(2)3)26-29-30-31-33(26)22-8-5-6-9-22/h7,10-15,18,22,25H,4-6,8-9,16-17H2,1-3H3,(H,28,34)/t25-/m1/s1. The van der Waals surface area contributed by atoms with Crippen LogP contribution in [0.25, 0.3) is 10.9 Å². The van der Waals surface area contributed by atoms with Crippen LogP contribution in [0, 0.1) is 5.92 Å². The van der Waals surface area contributed by atoms with Crippen molar-refractivity contribution >= 4 is 22.2 Å². The van der Waals surface area contributed by atoms with Crippen LogP contribution in [0.3, 0.4) is 0 Å². The highest BCUT2D eigenvalue weighted by molar-refractivity contribution is 7.09. The fourth-order valence-electron chi connectivity index (χ4n) is 5.40. The van der Waals surface area contributed by atoms with Crippen LogP contribution in [0.15, 0.2) is 46.6 Å². The predicted octanol–water partition coefficient (Wildman–Crippen LogP) is 5.65. The van der Waals surface area contributed by atoms with E-state index in [1.54, 1.807) is 11.3 Å². The molecule has 1 atom stereocenters. The molecule has 0 spiro atoms. The Labute approximate surface area is 210 Å². The fourth-order valence-corrected chi connectivity index (χ4v) is 6.13.